The number of fused-ring (bicyclic) bond motifs is 1. The Morgan fingerprint density at radius 2 is 1.92 bits per heavy atom. The summed E-state index contributed by atoms with van der Waals surface area (Å²) in [5, 5.41) is 28.2. The van der Waals surface area contributed by atoms with Crippen LogP contribution in [0.1, 0.15) is 6.42 Å². The fraction of sp³-hybridized carbons (Fsp3) is 0.750. The second-order valence-electron chi connectivity index (χ2n) is 3.43. The summed E-state index contributed by atoms with van der Waals surface area (Å²) in [6.07, 6.45) is -1.31. The van der Waals surface area contributed by atoms with Crippen LogP contribution in [0.15, 0.2) is 11.5 Å². The third-order valence-electron chi connectivity index (χ3n) is 2.60. The minimum Gasteiger partial charge on any atom is -0.387 e. The molecule has 0 aliphatic carbocycles. The quantitative estimate of drug-likeness (QED) is 0.428. The maximum atomic E-state index is 9.53. The molecule has 3 N–H and O–H groups in total. The van der Waals surface area contributed by atoms with E-state index in [9.17, 15) is 15.3 Å². The standard InChI is InChI=1S/C8H13O3S/c1-4-2-5(9)8-7(11)6(10)3-12(4)8/h5-11H,1-3H2/q+1/t5-,6+,7-,8+,12?/m0/s1. The monoisotopic (exact) mass is 189 g/mol. The smallest absolute Gasteiger partial charge is 0.177 e. The van der Waals surface area contributed by atoms with Crippen molar-refractivity contribution in [1.29, 1.82) is 0 Å². The topological polar surface area (TPSA) is 60.7 Å². The third kappa shape index (κ3) is 1.03. The van der Waals surface area contributed by atoms with Gasteiger partial charge in [-0.05, 0) is 6.58 Å². The minimum atomic E-state index is -0.748. The van der Waals surface area contributed by atoms with Gasteiger partial charge in [-0.15, -0.1) is 0 Å². The predicted octanol–water partition coefficient (Wildman–Crippen LogP) is -1.01. The lowest BCUT2D eigenvalue weighted by Gasteiger charge is -2.10. The highest BCUT2D eigenvalue weighted by Gasteiger charge is 2.59. The average molecular weight is 189 g/mol. The Morgan fingerprint density at radius 3 is 2.50 bits per heavy atom. The Labute approximate surface area is 74.1 Å². The van der Waals surface area contributed by atoms with E-state index in [-0.39, 0.29) is 16.1 Å². The molecular formula is C8H13O3S+. The molecule has 0 spiro atoms. The first-order valence-electron chi connectivity index (χ1n) is 4.03. The van der Waals surface area contributed by atoms with Crippen molar-refractivity contribution in [3.8, 4) is 0 Å². The Bertz CT molecular complexity index is 218. The van der Waals surface area contributed by atoms with E-state index in [0.29, 0.717) is 12.2 Å². The predicted molar refractivity (Wildman–Crippen MR) is 47.8 cm³/mol. The average Bonchev–Trinajstić information content (AvgIpc) is 2.41. The highest BCUT2D eigenvalue weighted by Crippen LogP contribution is 2.40. The number of hydrogen-bond donors (Lipinski definition) is 3. The fourth-order valence-corrected chi connectivity index (χ4v) is 4.75. The molecule has 2 aliphatic rings. The molecule has 2 saturated heterocycles. The maximum Gasteiger partial charge on any atom is 0.177 e. The summed E-state index contributed by atoms with van der Waals surface area (Å²) in [7, 11) is -0.147. The molecule has 0 aromatic carbocycles. The summed E-state index contributed by atoms with van der Waals surface area (Å²) in [6.45, 7) is 3.85. The van der Waals surface area contributed by atoms with E-state index in [1.54, 1.807) is 0 Å². The van der Waals surface area contributed by atoms with E-state index in [1.807, 2.05) is 0 Å². The second-order valence-corrected chi connectivity index (χ2v) is 5.74. The lowest BCUT2D eigenvalue weighted by Crippen LogP contribution is -2.36. The number of hydrogen-bond acceptors (Lipinski definition) is 3. The lowest BCUT2D eigenvalue weighted by molar-refractivity contribution is 0.0161. The Morgan fingerprint density at radius 1 is 1.25 bits per heavy atom. The molecule has 0 saturated carbocycles. The molecule has 0 amide bonds. The van der Waals surface area contributed by atoms with Crippen LogP contribution >= 0.6 is 0 Å². The van der Waals surface area contributed by atoms with Gasteiger partial charge in [0.05, 0.1) is 0 Å². The summed E-state index contributed by atoms with van der Waals surface area (Å²) in [5.74, 6) is 0.585. The molecule has 12 heavy (non-hydrogen) atoms. The van der Waals surface area contributed by atoms with E-state index in [2.05, 4.69) is 6.58 Å². The highest BCUT2D eigenvalue weighted by atomic mass is 32.2. The first-order valence-corrected chi connectivity index (χ1v) is 5.48. The maximum absolute atomic E-state index is 9.53. The van der Waals surface area contributed by atoms with Gasteiger partial charge in [-0.3, -0.25) is 0 Å². The van der Waals surface area contributed by atoms with E-state index in [1.165, 1.54) is 0 Å². The van der Waals surface area contributed by atoms with Gasteiger partial charge in [0.1, 0.15) is 29.0 Å². The first-order chi connectivity index (χ1) is 5.61. The summed E-state index contributed by atoms with van der Waals surface area (Å²) in [6, 6.07) is 0. The van der Waals surface area contributed by atoms with Crippen LogP contribution in [0.5, 0.6) is 0 Å². The van der Waals surface area contributed by atoms with Crippen molar-refractivity contribution in [1.82, 2.24) is 0 Å². The summed E-state index contributed by atoms with van der Waals surface area (Å²) in [4.78, 5) is 1.00. The lowest BCUT2D eigenvalue weighted by atomic mass is 10.1. The Balaban J connectivity index is 2.23. The van der Waals surface area contributed by atoms with Gasteiger partial charge < -0.3 is 15.3 Å². The van der Waals surface area contributed by atoms with Crippen LogP contribution in [0.3, 0.4) is 0 Å². The van der Waals surface area contributed by atoms with Crippen LogP contribution in [0.4, 0.5) is 0 Å². The van der Waals surface area contributed by atoms with Crippen molar-refractivity contribution in [2.24, 2.45) is 0 Å². The molecule has 0 aromatic rings. The SMILES string of the molecule is C=C1C[C@H](O)[C@@H]2[C@@H](O)[C@H](O)C[S+]12. The molecule has 68 valence electrons. The molecule has 4 heteroatoms. The van der Waals surface area contributed by atoms with Gasteiger partial charge in [0.15, 0.2) is 5.25 Å². The van der Waals surface area contributed by atoms with E-state index < -0.39 is 18.3 Å². The largest absolute Gasteiger partial charge is 0.387 e. The molecule has 0 bridgehead atoms. The number of aliphatic hydroxyl groups excluding tert-OH is 3. The normalized spacial score (nSPS) is 52.9. The van der Waals surface area contributed by atoms with Crippen molar-refractivity contribution < 1.29 is 15.3 Å². The molecule has 0 aromatic heterocycles. The zero-order valence-electron chi connectivity index (χ0n) is 6.68. The molecule has 2 rings (SSSR count). The molecule has 3 nitrogen and oxygen atoms in total. The molecule has 0 radical (unpaired) electrons. The summed E-state index contributed by atoms with van der Waals surface area (Å²) < 4.78 is 0. The Kier molecular flexibility index (Phi) is 1.95. The Hall–Kier alpha value is -0.0300. The van der Waals surface area contributed by atoms with Gasteiger partial charge in [-0.1, -0.05) is 0 Å². The minimum absolute atomic E-state index is 0.146. The highest BCUT2D eigenvalue weighted by molar-refractivity contribution is 8.01. The molecular weight excluding hydrogens is 176 g/mol. The molecule has 2 aliphatic heterocycles. The van der Waals surface area contributed by atoms with Crippen LogP contribution in [0.2, 0.25) is 0 Å². The van der Waals surface area contributed by atoms with Gasteiger partial charge in [-0.2, -0.15) is 0 Å². The summed E-state index contributed by atoms with van der Waals surface area (Å²) in [5.41, 5.74) is 0. The third-order valence-corrected chi connectivity index (χ3v) is 5.46. The number of aliphatic hydroxyl groups is 3. The molecule has 2 fully saturated rings. The van der Waals surface area contributed by atoms with Crippen molar-refractivity contribution in [2.75, 3.05) is 5.75 Å². The van der Waals surface area contributed by atoms with E-state index in [0.717, 1.165) is 4.91 Å². The van der Waals surface area contributed by atoms with Crippen LogP contribution in [0, 0.1) is 0 Å². The van der Waals surface area contributed by atoms with Gasteiger partial charge >= 0.3 is 0 Å². The van der Waals surface area contributed by atoms with Crippen LogP contribution < -0.4 is 0 Å². The van der Waals surface area contributed by atoms with Crippen molar-refractivity contribution in [3.05, 3.63) is 11.5 Å². The molecule has 2 heterocycles. The van der Waals surface area contributed by atoms with Crippen LogP contribution in [-0.2, 0) is 10.9 Å². The second kappa shape index (κ2) is 2.73. The summed E-state index contributed by atoms with van der Waals surface area (Å²) >= 11 is 0. The van der Waals surface area contributed by atoms with E-state index >= 15 is 0 Å². The van der Waals surface area contributed by atoms with Gasteiger partial charge in [0.25, 0.3) is 0 Å². The van der Waals surface area contributed by atoms with Gasteiger partial charge in [0, 0.05) is 17.3 Å². The van der Waals surface area contributed by atoms with Crippen LogP contribution in [0.25, 0.3) is 0 Å². The van der Waals surface area contributed by atoms with Crippen LogP contribution in [-0.4, -0.2) is 44.6 Å². The van der Waals surface area contributed by atoms with Gasteiger partial charge in [0.2, 0.25) is 0 Å². The van der Waals surface area contributed by atoms with Crippen molar-refractivity contribution in [2.45, 2.75) is 30.0 Å². The molecule has 5 atom stereocenters. The molecule has 1 unspecified atom stereocenters. The fourth-order valence-electron chi connectivity index (χ4n) is 1.96. The zero-order chi connectivity index (χ0) is 8.88. The van der Waals surface area contributed by atoms with Gasteiger partial charge in [-0.25, -0.2) is 0 Å². The van der Waals surface area contributed by atoms with Crippen molar-refractivity contribution in [3.63, 3.8) is 0 Å². The van der Waals surface area contributed by atoms with Crippen molar-refractivity contribution >= 4 is 10.9 Å². The number of rotatable bonds is 0. The first kappa shape index (κ1) is 8.56. The van der Waals surface area contributed by atoms with E-state index in [4.69, 9.17) is 0 Å². The zero-order valence-corrected chi connectivity index (χ0v) is 7.50.